The lowest BCUT2D eigenvalue weighted by atomic mass is 10.2. The molecule has 27 heavy (non-hydrogen) atoms. The van der Waals surface area contributed by atoms with E-state index in [-0.39, 0.29) is 0 Å². The van der Waals surface area contributed by atoms with E-state index < -0.39 is 0 Å². The first-order valence-electron chi connectivity index (χ1n) is 9.11. The summed E-state index contributed by atoms with van der Waals surface area (Å²) in [5.74, 6) is 1.49. The van der Waals surface area contributed by atoms with Gasteiger partial charge in [-0.05, 0) is 41.8 Å². The molecule has 5 nitrogen and oxygen atoms in total. The topological polar surface area (TPSA) is 56.3 Å². The Bertz CT molecular complexity index is 836. The molecule has 0 fully saturated rings. The van der Waals surface area contributed by atoms with Gasteiger partial charge in [0.25, 0.3) is 0 Å². The van der Waals surface area contributed by atoms with E-state index in [1.165, 1.54) is 10.7 Å². The zero-order valence-corrected chi connectivity index (χ0v) is 16.6. The van der Waals surface area contributed by atoms with Gasteiger partial charge in [0.1, 0.15) is 6.61 Å². The van der Waals surface area contributed by atoms with Gasteiger partial charge in [0.2, 0.25) is 0 Å². The molecule has 2 heterocycles. The van der Waals surface area contributed by atoms with Gasteiger partial charge >= 0.3 is 0 Å². The summed E-state index contributed by atoms with van der Waals surface area (Å²) in [6.45, 7) is 4.31. The normalized spacial score (nSPS) is 10.7. The third-order valence-electron chi connectivity index (χ3n) is 4.16. The predicted octanol–water partition coefficient (Wildman–Crippen LogP) is 4.02. The van der Waals surface area contributed by atoms with Crippen LogP contribution >= 0.6 is 11.3 Å². The van der Waals surface area contributed by atoms with Crippen molar-refractivity contribution >= 4 is 11.3 Å². The fourth-order valence-electron chi connectivity index (χ4n) is 2.66. The number of nitrogens with one attached hydrogen (secondary N) is 1. The van der Waals surface area contributed by atoms with E-state index in [1.54, 1.807) is 30.8 Å². The fraction of sp³-hybridized carbons (Fsp3) is 0.333. The van der Waals surface area contributed by atoms with Crippen molar-refractivity contribution in [3.63, 3.8) is 0 Å². The zero-order valence-electron chi connectivity index (χ0n) is 15.8. The number of methoxy groups -OCH3 is 1. The highest BCUT2D eigenvalue weighted by atomic mass is 32.1. The summed E-state index contributed by atoms with van der Waals surface area (Å²) in [6.07, 6.45) is 5.48. The molecule has 1 N–H and O–H groups in total. The lowest BCUT2D eigenvalue weighted by Crippen LogP contribution is -2.16. The molecule has 0 atom stereocenters. The van der Waals surface area contributed by atoms with Crippen LogP contribution in [0.1, 0.15) is 28.8 Å². The summed E-state index contributed by atoms with van der Waals surface area (Å²) in [5, 5.41) is 6.82. The van der Waals surface area contributed by atoms with E-state index in [9.17, 15) is 0 Å². The predicted molar refractivity (Wildman–Crippen MR) is 108 cm³/mol. The van der Waals surface area contributed by atoms with E-state index in [1.807, 2.05) is 24.3 Å². The van der Waals surface area contributed by atoms with Crippen LogP contribution in [-0.2, 0) is 26.0 Å². The summed E-state index contributed by atoms with van der Waals surface area (Å²) < 4.78 is 11.4. The Balaban J connectivity index is 1.49. The van der Waals surface area contributed by atoms with Gasteiger partial charge in [-0.15, -0.1) is 11.3 Å². The first-order valence-corrected chi connectivity index (χ1v) is 9.99. The standard InChI is InChI=1S/C21H25N3O2S/c1-3-21-24-18(15-27-21)8-11-23-13-17-4-5-19(20(12-17)25-2)26-14-16-6-9-22-10-7-16/h4-7,9-10,12,15,23H,3,8,11,13-14H2,1-2H3. The highest BCUT2D eigenvalue weighted by Crippen LogP contribution is 2.28. The quantitative estimate of drug-likeness (QED) is 0.536. The molecule has 0 saturated carbocycles. The molecule has 0 radical (unpaired) electrons. The number of nitrogens with zero attached hydrogens (tertiary/aromatic N) is 2. The van der Waals surface area contributed by atoms with Gasteiger partial charge in [-0.1, -0.05) is 13.0 Å². The third kappa shape index (κ3) is 5.77. The summed E-state index contributed by atoms with van der Waals surface area (Å²) in [7, 11) is 1.67. The van der Waals surface area contributed by atoms with Crippen LogP contribution in [0.2, 0.25) is 0 Å². The second kappa shape index (κ2) is 10.0. The Morgan fingerprint density at radius 2 is 1.93 bits per heavy atom. The first-order chi connectivity index (χ1) is 13.3. The SMILES string of the molecule is CCc1nc(CCNCc2ccc(OCc3ccncc3)c(OC)c2)cs1. The Morgan fingerprint density at radius 1 is 1.07 bits per heavy atom. The van der Waals surface area contributed by atoms with Gasteiger partial charge in [0.05, 0.1) is 17.8 Å². The van der Waals surface area contributed by atoms with Crippen LogP contribution in [0.5, 0.6) is 11.5 Å². The molecule has 2 aromatic heterocycles. The van der Waals surface area contributed by atoms with Crippen molar-refractivity contribution in [1.82, 2.24) is 15.3 Å². The molecule has 0 amide bonds. The van der Waals surface area contributed by atoms with Gasteiger partial charge in [-0.3, -0.25) is 4.98 Å². The molecule has 0 aliphatic rings. The summed E-state index contributed by atoms with van der Waals surface area (Å²) in [4.78, 5) is 8.61. The maximum Gasteiger partial charge on any atom is 0.161 e. The molecule has 1 aromatic carbocycles. The van der Waals surface area contributed by atoms with Gasteiger partial charge < -0.3 is 14.8 Å². The lowest BCUT2D eigenvalue weighted by Gasteiger charge is -2.12. The van der Waals surface area contributed by atoms with Crippen molar-refractivity contribution < 1.29 is 9.47 Å². The number of pyridine rings is 1. The summed E-state index contributed by atoms with van der Waals surface area (Å²) in [6, 6.07) is 9.93. The van der Waals surface area contributed by atoms with Crippen LogP contribution in [0.25, 0.3) is 0 Å². The number of benzene rings is 1. The van der Waals surface area contributed by atoms with Crippen molar-refractivity contribution in [3.05, 3.63) is 69.9 Å². The first kappa shape index (κ1) is 19.3. The molecule has 0 unspecified atom stereocenters. The molecule has 0 saturated heterocycles. The lowest BCUT2D eigenvalue weighted by molar-refractivity contribution is 0.284. The minimum absolute atomic E-state index is 0.490. The van der Waals surface area contributed by atoms with Crippen LogP contribution in [0.15, 0.2) is 48.1 Å². The Hall–Kier alpha value is -2.44. The number of aromatic nitrogens is 2. The van der Waals surface area contributed by atoms with Crippen LogP contribution in [0.3, 0.4) is 0 Å². The highest BCUT2D eigenvalue weighted by molar-refractivity contribution is 7.09. The Labute approximate surface area is 164 Å². The van der Waals surface area contributed by atoms with Crippen molar-refractivity contribution in [3.8, 4) is 11.5 Å². The van der Waals surface area contributed by atoms with Crippen LogP contribution in [-0.4, -0.2) is 23.6 Å². The molecule has 0 spiro atoms. The largest absolute Gasteiger partial charge is 0.493 e. The van der Waals surface area contributed by atoms with Crippen LogP contribution in [0.4, 0.5) is 0 Å². The molecular formula is C21H25N3O2S. The van der Waals surface area contributed by atoms with Crippen LogP contribution in [0, 0.1) is 0 Å². The van der Waals surface area contributed by atoms with Crippen molar-refractivity contribution in [2.75, 3.05) is 13.7 Å². The van der Waals surface area contributed by atoms with E-state index in [4.69, 9.17) is 9.47 Å². The van der Waals surface area contributed by atoms with Gasteiger partial charge in [-0.25, -0.2) is 4.98 Å². The van der Waals surface area contributed by atoms with E-state index >= 15 is 0 Å². The second-order valence-electron chi connectivity index (χ2n) is 6.14. The molecule has 0 aliphatic heterocycles. The van der Waals surface area contributed by atoms with Crippen molar-refractivity contribution in [2.24, 2.45) is 0 Å². The highest BCUT2D eigenvalue weighted by Gasteiger charge is 2.07. The second-order valence-corrected chi connectivity index (χ2v) is 7.08. The number of hydrogen-bond acceptors (Lipinski definition) is 6. The van der Waals surface area contributed by atoms with Crippen LogP contribution < -0.4 is 14.8 Å². The molecule has 6 heteroatoms. The minimum Gasteiger partial charge on any atom is -0.493 e. The van der Waals surface area contributed by atoms with Gasteiger partial charge in [-0.2, -0.15) is 0 Å². The number of rotatable bonds is 10. The molecule has 0 aliphatic carbocycles. The van der Waals surface area contributed by atoms with Gasteiger partial charge in [0, 0.05) is 37.3 Å². The Kier molecular flexibility index (Phi) is 7.19. The number of aryl methyl sites for hydroxylation is 1. The number of ether oxygens (including phenoxy) is 2. The monoisotopic (exact) mass is 383 g/mol. The van der Waals surface area contributed by atoms with Crippen molar-refractivity contribution in [1.29, 1.82) is 0 Å². The zero-order chi connectivity index (χ0) is 18.9. The van der Waals surface area contributed by atoms with E-state index in [0.717, 1.165) is 48.6 Å². The van der Waals surface area contributed by atoms with E-state index in [0.29, 0.717) is 6.61 Å². The number of thiazole rings is 1. The third-order valence-corrected chi connectivity index (χ3v) is 5.20. The molecular weight excluding hydrogens is 358 g/mol. The molecule has 142 valence electrons. The maximum atomic E-state index is 5.89. The number of hydrogen-bond donors (Lipinski definition) is 1. The average molecular weight is 384 g/mol. The maximum absolute atomic E-state index is 5.89. The molecule has 0 bridgehead atoms. The average Bonchev–Trinajstić information content (AvgIpc) is 3.19. The summed E-state index contributed by atoms with van der Waals surface area (Å²) >= 11 is 1.74. The fourth-order valence-corrected chi connectivity index (χ4v) is 3.44. The van der Waals surface area contributed by atoms with Crippen molar-refractivity contribution in [2.45, 2.75) is 32.9 Å². The Morgan fingerprint density at radius 3 is 2.67 bits per heavy atom. The minimum atomic E-state index is 0.490. The summed E-state index contributed by atoms with van der Waals surface area (Å²) in [5.41, 5.74) is 3.41. The molecule has 3 rings (SSSR count). The van der Waals surface area contributed by atoms with Gasteiger partial charge in [0.15, 0.2) is 11.5 Å². The smallest absolute Gasteiger partial charge is 0.161 e. The molecule has 3 aromatic rings. The van der Waals surface area contributed by atoms with E-state index in [2.05, 4.69) is 33.7 Å².